The van der Waals surface area contributed by atoms with Gasteiger partial charge >= 0.3 is 6.09 Å². The van der Waals surface area contributed by atoms with Gasteiger partial charge in [0.15, 0.2) is 9.84 Å². The summed E-state index contributed by atoms with van der Waals surface area (Å²) in [6.45, 7) is 5.49. The van der Waals surface area contributed by atoms with E-state index < -0.39 is 33.3 Å². The summed E-state index contributed by atoms with van der Waals surface area (Å²) in [6.07, 6.45) is 2.15. The van der Waals surface area contributed by atoms with Gasteiger partial charge < -0.3 is 25.4 Å². The predicted octanol–water partition coefficient (Wildman–Crippen LogP) is 5.59. The molecule has 0 fully saturated rings. The van der Waals surface area contributed by atoms with E-state index in [-0.39, 0.29) is 51.5 Å². The number of hydrogen-bond acceptors (Lipinski definition) is 8. The Balaban J connectivity index is 1.78. The fourth-order valence-corrected chi connectivity index (χ4v) is 4.36. The maximum Gasteiger partial charge on any atom is 0.407 e. The van der Waals surface area contributed by atoms with Crippen molar-refractivity contribution < 1.29 is 32.3 Å². The molecule has 0 spiro atoms. The van der Waals surface area contributed by atoms with E-state index in [9.17, 15) is 22.8 Å². The van der Waals surface area contributed by atoms with Crippen LogP contribution >= 0.6 is 23.2 Å². The van der Waals surface area contributed by atoms with Gasteiger partial charge in [0.05, 0.1) is 33.3 Å². The number of aromatic nitrogens is 1. The number of benzene rings is 2. The second kappa shape index (κ2) is 13.9. The zero-order chi connectivity index (χ0) is 31.1. The second-order valence-electron chi connectivity index (χ2n) is 10.0. The van der Waals surface area contributed by atoms with Gasteiger partial charge in [0.2, 0.25) is 0 Å². The number of carbonyl (C=O) groups is 3. The first kappa shape index (κ1) is 32.6. The zero-order valence-electron chi connectivity index (χ0n) is 23.3. The monoisotopic (exact) mass is 636 g/mol. The first-order valence-electron chi connectivity index (χ1n) is 12.6. The van der Waals surface area contributed by atoms with Crippen molar-refractivity contribution in [3.63, 3.8) is 0 Å². The van der Waals surface area contributed by atoms with Crippen LogP contribution in [0.3, 0.4) is 0 Å². The number of amides is 3. The van der Waals surface area contributed by atoms with E-state index in [0.29, 0.717) is 11.4 Å². The number of carbonyl (C=O) groups excluding carboxylic acids is 3. The normalized spacial score (nSPS) is 11.4. The molecule has 0 saturated heterocycles. The topological polar surface area (TPSA) is 153 Å². The fourth-order valence-electron chi connectivity index (χ4n) is 3.44. The lowest BCUT2D eigenvalue weighted by Gasteiger charge is -2.19. The van der Waals surface area contributed by atoms with Crippen molar-refractivity contribution in [1.29, 1.82) is 0 Å². The summed E-state index contributed by atoms with van der Waals surface area (Å²) in [6, 6.07) is 11.2. The van der Waals surface area contributed by atoms with Crippen molar-refractivity contribution >= 4 is 62.5 Å². The van der Waals surface area contributed by atoms with Crippen LogP contribution < -0.4 is 20.7 Å². The van der Waals surface area contributed by atoms with E-state index in [1.165, 1.54) is 48.7 Å². The Morgan fingerprint density at radius 1 is 0.905 bits per heavy atom. The lowest BCUT2D eigenvalue weighted by atomic mass is 10.1. The molecule has 1 aromatic heterocycles. The molecule has 224 valence electrons. The van der Waals surface area contributed by atoms with Gasteiger partial charge in [-0.1, -0.05) is 23.2 Å². The third kappa shape index (κ3) is 9.89. The average molecular weight is 638 g/mol. The van der Waals surface area contributed by atoms with E-state index in [1.807, 2.05) is 0 Å². The van der Waals surface area contributed by atoms with Crippen LogP contribution in [0.15, 0.2) is 59.6 Å². The number of halogens is 2. The number of hydrogen-bond donors (Lipinski definition) is 3. The van der Waals surface area contributed by atoms with Gasteiger partial charge in [0.25, 0.3) is 11.8 Å². The van der Waals surface area contributed by atoms with Crippen LogP contribution in [0.1, 0.15) is 47.9 Å². The molecule has 0 atom stereocenters. The fraction of sp³-hybridized carbons (Fsp3) is 0.286. The molecule has 3 N–H and O–H groups in total. The van der Waals surface area contributed by atoms with E-state index in [1.54, 1.807) is 26.8 Å². The smallest absolute Gasteiger partial charge is 0.407 e. The zero-order valence-corrected chi connectivity index (χ0v) is 25.6. The van der Waals surface area contributed by atoms with Crippen LogP contribution in [0.4, 0.5) is 16.3 Å². The highest BCUT2D eigenvalue weighted by Crippen LogP contribution is 2.27. The number of pyridine rings is 1. The molecule has 3 aromatic rings. The molecule has 3 rings (SSSR count). The molecule has 14 heteroatoms. The van der Waals surface area contributed by atoms with Crippen LogP contribution in [-0.4, -0.2) is 56.3 Å². The molecule has 42 heavy (non-hydrogen) atoms. The molecule has 0 aliphatic carbocycles. The minimum Gasteiger partial charge on any atom is -0.493 e. The van der Waals surface area contributed by atoms with E-state index in [4.69, 9.17) is 32.7 Å². The van der Waals surface area contributed by atoms with E-state index in [0.717, 1.165) is 6.26 Å². The first-order valence-corrected chi connectivity index (χ1v) is 15.2. The van der Waals surface area contributed by atoms with Crippen molar-refractivity contribution in [2.75, 3.05) is 30.0 Å². The summed E-state index contributed by atoms with van der Waals surface area (Å²) in [4.78, 5) is 42.2. The standard InChI is InChI=1S/C28H30Cl2N4O7S/c1-28(2,3)41-27(37)31-12-5-13-40-23-15-19(42(4,38)39)8-9-20(23)25(35)33-22-10-6-17(29)14-21(22)26(36)34-24-11-7-18(30)16-32-24/h6-11,14-16H,5,12-13H2,1-4H3,(H,31,37)(H,33,35)(H,32,34,36). The Labute approximate surface area is 253 Å². The van der Waals surface area contributed by atoms with Gasteiger partial charge in [-0.15, -0.1) is 0 Å². The highest BCUT2D eigenvalue weighted by atomic mass is 35.5. The van der Waals surface area contributed by atoms with Crippen LogP contribution in [0.2, 0.25) is 10.0 Å². The SMILES string of the molecule is CC(C)(C)OC(=O)NCCCOc1cc(S(C)(=O)=O)ccc1C(=O)Nc1ccc(Cl)cc1C(=O)Nc1ccc(Cl)cn1. The van der Waals surface area contributed by atoms with Gasteiger partial charge in [-0.05, 0) is 75.7 Å². The molecule has 3 amide bonds. The number of rotatable bonds is 10. The molecular weight excluding hydrogens is 607 g/mol. The van der Waals surface area contributed by atoms with Crippen LogP contribution in [0, 0.1) is 0 Å². The minimum atomic E-state index is -3.61. The van der Waals surface area contributed by atoms with E-state index in [2.05, 4.69) is 20.9 Å². The average Bonchev–Trinajstić information content (AvgIpc) is 2.89. The third-order valence-corrected chi connectivity index (χ3v) is 6.89. The predicted molar refractivity (Wildman–Crippen MR) is 161 cm³/mol. The summed E-state index contributed by atoms with van der Waals surface area (Å²) >= 11 is 12.0. The number of alkyl carbamates (subject to hydrolysis) is 1. The molecule has 0 radical (unpaired) electrons. The maximum absolute atomic E-state index is 13.4. The number of nitrogens with one attached hydrogen (secondary N) is 3. The quantitative estimate of drug-likeness (QED) is 0.243. The number of ether oxygens (including phenoxy) is 2. The minimum absolute atomic E-state index is 0.00183. The summed E-state index contributed by atoms with van der Waals surface area (Å²) in [7, 11) is -3.61. The van der Waals surface area contributed by atoms with Crippen molar-refractivity contribution in [2.45, 2.75) is 37.7 Å². The van der Waals surface area contributed by atoms with Gasteiger partial charge in [-0.25, -0.2) is 18.2 Å². The molecule has 0 aliphatic heterocycles. The van der Waals surface area contributed by atoms with Crippen molar-refractivity contribution in [1.82, 2.24) is 10.3 Å². The Morgan fingerprint density at radius 3 is 2.24 bits per heavy atom. The van der Waals surface area contributed by atoms with E-state index >= 15 is 0 Å². The molecular formula is C28H30Cl2N4O7S. The molecule has 0 bridgehead atoms. The van der Waals surface area contributed by atoms with Crippen molar-refractivity contribution in [3.05, 3.63) is 75.9 Å². The summed E-state index contributed by atoms with van der Waals surface area (Å²) in [5.41, 5.74) is -0.443. The largest absolute Gasteiger partial charge is 0.493 e. The lowest BCUT2D eigenvalue weighted by molar-refractivity contribution is 0.0525. The van der Waals surface area contributed by atoms with Gasteiger partial charge in [-0.2, -0.15) is 0 Å². The Bertz CT molecular complexity index is 1570. The first-order chi connectivity index (χ1) is 19.6. The van der Waals surface area contributed by atoms with Crippen LogP contribution in [0.25, 0.3) is 0 Å². The Morgan fingerprint density at radius 2 is 1.60 bits per heavy atom. The summed E-state index contributed by atoms with van der Waals surface area (Å²) in [5, 5.41) is 8.52. The molecule has 0 saturated carbocycles. The lowest BCUT2D eigenvalue weighted by Crippen LogP contribution is -2.33. The Kier molecular flexibility index (Phi) is 10.8. The van der Waals surface area contributed by atoms with Gasteiger partial charge in [0, 0.05) is 24.0 Å². The van der Waals surface area contributed by atoms with Crippen LogP contribution in [-0.2, 0) is 14.6 Å². The molecule has 0 unspecified atom stereocenters. The number of sulfone groups is 1. The number of nitrogens with zero attached hydrogens (tertiary/aromatic N) is 1. The van der Waals surface area contributed by atoms with Crippen molar-refractivity contribution in [2.24, 2.45) is 0 Å². The van der Waals surface area contributed by atoms with Crippen LogP contribution in [0.5, 0.6) is 5.75 Å². The molecule has 1 heterocycles. The third-order valence-electron chi connectivity index (χ3n) is 5.32. The van der Waals surface area contributed by atoms with Gasteiger partial charge in [-0.3, -0.25) is 9.59 Å². The Hall–Kier alpha value is -3.87. The van der Waals surface area contributed by atoms with Gasteiger partial charge in [0.1, 0.15) is 17.2 Å². The summed E-state index contributed by atoms with van der Waals surface area (Å²) in [5.74, 6) is -1.03. The number of anilines is 2. The second-order valence-corrected chi connectivity index (χ2v) is 12.9. The summed E-state index contributed by atoms with van der Waals surface area (Å²) < 4.78 is 35.3. The molecule has 2 aromatic carbocycles. The van der Waals surface area contributed by atoms with Crippen molar-refractivity contribution in [3.8, 4) is 5.75 Å². The maximum atomic E-state index is 13.4. The molecule has 0 aliphatic rings. The molecule has 11 nitrogen and oxygen atoms in total. The highest BCUT2D eigenvalue weighted by Gasteiger charge is 2.21. The highest BCUT2D eigenvalue weighted by molar-refractivity contribution is 7.90.